The number of hydrogen-bond acceptors (Lipinski definition) is 3. The number of allylic oxidation sites excluding steroid dienone is 2. The van der Waals surface area contributed by atoms with Crippen LogP contribution in [-0.2, 0) is 11.2 Å². The third kappa shape index (κ3) is 4.34. The Kier molecular flexibility index (Phi) is 7.20. The van der Waals surface area contributed by atoms with Gasteiger partial charge in [-0.1, -0.05) is 53.2 Å². The molecule has 1 unspecified atom stereocenters. The molecule has 1 aromatic rings. The fraction of sp³-hybridized carbons (Fsp3) is 0.743. The van der Waals surface area contributed by atoms with Crippen LogP contribution in [0.2, 0.25) is 0 Å². The predicted octanol–water partition coefficient (Wildman–Crippen LogP) is 8.42. The number of rotatable bonds is 4. The molecule has 0 aromatic heterocycles. The van der Waals surface area contributed by atoms with Gasteiger partial charge in [0.1, 0.15) is 0 Å². The van der Waals surface area contributed by atoms with E-state index < -0.39 is 0 Å². The fourth-order valence-electron chi connectivity index (χ4n) is 9.88. The molecule has 2 N–H and O–H groups in total. The maximum absolute atomic E-state index is 13.8. The van der Waals surface area contributed by atoms with Gasteiger partial charge in [0.15, 0.2) is 11.5 Å². The van der Waals surface area contributed by atoms with Crippen LogP contribution in [0.25, 0.3) is 0 Å². The molecule has 1 heterocycles. The second-order valence-electron chi connectivity index (χ2n) is 14.9. The van der Waals surface area contributed by atoms with Gasteiger partial charge < -0.3 is 15.1 Å². The highest BCUT2D eigenvalue weighted by Gasteiger charge is 2.64. The highest BCUT2D eigenvalue weighted by atomic mass is 16.3. The highest BCUT2D eigenvalue weighted by molar-refractivity contribution is 5.82. The van der Waals surface area contributed by atoms with Crippen LogP contribution in [0.15, 0.2) is 17.7 Å². The number of hydrogen-bond donors (Lipinski definition) is 2. The second-order valence-corrected chi connectivity index (χ2v) is 14.9. The molecule has 1 saturated heterocycles. The minimum atomic E-state index is -0.235. The maximum atomic E-state index is 13.8. The van der Waals surface area contributed by atoms with Crippen molar-refractivity contribution in [1.82, 2.24) is 4.90 Å². The van der Waals surface area contributed by atoms with Crippen LogP contribution in [0.4, 0.5) is 0 Å². The first-order chi connectivity index (χ1) is 18.3. The van der Waals surface area contributed by atoms with Crippen molar-refractivity contribution >= 4 is 5.91 Å². The molecule has 0 radical (unpaired) electrons. The van der Waals surface area contributed by atoms with Crippen molar-refractivity contribution in [2.45, 2.75) is 125 Å². The molecule has 1 aliphatic heterocycles. The Hall–Kier alpha value is -1.97. The Balaban J connectivity index is 1.51. The van der Waals surface area contributed by atoms with Crippen LogP contribution in [0.5, 0.6) is 11.5 Å². The molecule has 4 aliphatic rings. The number of carbonyl (C=O) groups excluding carboxylic acids is 1. The van der Waals surface area contributed by atoms with E-state index in [1.54, 1.807) is 11.6 Å². The van der Waals surface area contributed by atoms with Crippen molar-refractivity contribution in [3.63, 3.8) is 0 Å². The van der Waals surface area contributed by atoms with E-state index in [2.05, 4.69) is 52.5 Å². The largest absolute Gasteiger partial charge is 0.504 e. The van der Waals surface area contributed by atoms with Crippen LogP contribution >= 0.6 is 0 Å². The number of fused-ring (bicyclic) bond motifs is 3. The van der Waals surface area contributed by atoms with Crippen LogP contribution < -0.4 is 0 Å². The van der Waals surface area contributed by atoms with Gasteiger partial charge in [-0.3, -0.25) is 4.79 Å². The maximum Gasteiger partial charge on any atom is 0.228 e. The molecule has 1 aromatic carbocycles. The van der Waals surface area contributed by atoms with Gasteiger partial charge in [-0.25, -0.2) is 0 Å². The summed E-state index contributed by atoms with van der Waals surface area (Å²) in [6.45, 7) is 18.2. The number of aryl methyl sites for hydroxylation is 1. The summed E-state index contributed by atoms with van der Waals surface area (Å²) in [4.78, 5) is 16.0. The molecular formula is C35H53NO3. The zero-order valence-electron chi connectivity index (χ0n) is 25.8. The number of amides is 1. The number of phenolic OH excluding ortho intramolecular Hbond substituents is 2. The van der Waals surface area contributed by atoms with Gasteiger partial charge in [0.05, 0.1) is 0 Å². The highest BCUT2D eigenvalue weighted by Crippen LogP contribution is 2.72. The predicted molar refractivity (Wildman–Crippen MR) is 159 cm³/mol. The van der Waals surface area contributed by atoms with Gasteiger partial charge in [-0.2, -0.15) is 0 Å². The Bertz CT molecular complexity index is 1160. The van der Waals surface area contributed by atoms with Gasteiger partial charge in [0.25, 0.3) is 0 Å². The van der Waals surface area contributed by atoms with Crippen LogP contribution in [0.3, 0.4) is 0 Å². The standard InChI is InChI=1S/C35H53NO3/c1-8-25-21-27(37)30(38)24(3)29(25)23(2)20-26-12-11-13-35(7)28-22-33(5,31(39)36-18-9-10-19-36)15-14-32(28,4)16-17-34(26,35)6/h20-21,23,28,37-38H,8-19,22H2,1-7H3/b26-20+/t23?,28-,32-,33-,34-,35+/m1/s1. The van der Waals surface area contributed by atoms with E-state index in [4.69, 9.17) is 0 Å². The lowest BCUT2D eigenvalue weighted by Gasteiger charge is -2.67. The van der Waals surface area contributed by atoms with Gasteiger partial charge in [0.2, 0.25) is 5.91 Å². The molecule has 5 rings (SSSR count). The molecule has 0 spiro atoms. The fourth-order valence-corrected chi connectivity index (χ4v) is 9.88. The summed E-state index contributed by atoms with van der Waals surface area (Å²) in [7, 11) is 0. The number of likely N-dealkylation sites (tertiary alicyclic amines) is 1. The first kappa shape index (κ1) is 28.6. The Labute approximate surface area is 237 Å². The van der Waals surface area contributed by atoms with Crippen LogP contribution in [-0.4, -0.2) is 34.1 Å². The average Bonchev–Trinajstić information content (AvgIpc) is 3.44. The van der Waals surface area contributed by atoms with Gasteiger partial charge >= 0.3 is 0 Å². The average molecular weight is 536 g/mol. The molecule has 39 heavy (non-hydrogen) atoms. The lowest BCUT2D eigenvalue weighted by molar-refractivity contribution is -0.169. The normalized spacial score (nSPS) is 38.4. The monoisotopic (exact) mass is 535 g/mol. The number of carbonyl (C=O) groups is 1. The molecule has 0 bridgehead atoms. The Morgan fingerprint density at radius 1 is 1.05 bits per heavy atom. The topological polar surface area (TPSA) is 60.8 Å². The van der Waals surface area contributed by atoms with Crippen molar-refractivity contribution < 1.29 is 15.0 Å². The molecule has 6 atom stereocenters. The second kappa shape index (κ2) is 9.84. The Morgan fingerprint density at radius 3 is 2.38 bits per heavy atom. The minimum Gasteiger partial charge on any atom is -0.504 e. The molecule has 4 heteroatoms. The summed E-state index contributed by atoms with van der Waals surface area (Å²) < 4.78 is 0. The van der Waals surface area contributed by atoms with Crippen molar-refractivity contribution in [3.8, 4) is 11.5 Å². The van der Waals surface area contributed by atoms with Gasteiger partial charge in [0, 0.05) is 18.5 Å². The Morgan fingerprint density at radius 2 is 1.72 bits per heavy atom. The first-order valence-electron chi connectivity index (χ1n) is 15.8. The van der Waals surface area contributed by atoms with Crippen LogP contribution in [0, 0.1) is 34.5 Å². The number of benzene rings is 1. The van der Waals surface area contributed by atoms with E-state index in [0.29, 0.717) is 17.2 Å². The number of aromatic hydroxyl groups is 2. The zero-order chi connectivity index (χ0) is 28.4. The van der Waals surface area contributed by atoms with Gasteiger partial charge in [-0.15, -0.1) is 0 Å². The van der Waals surface area contributed by atoms with E-state index in [-0.39, 0.29) is 33.7 Å². The quantitative estimate of drug-likeness (QED) is 0.300. The molecule has 3 aliphatic carbocycles. The lowest BCUT2D eigenvalue weighted by Crippen LogP contribution is -2.60. The van der Waals surface area contributed by atoms with E-state index in [9.17, 15) is 15.0 Å². The third-order valence-electron chi connectivity index (χ3n) is 12.7. The SMILES string of the molecule is CCc1cc(O)c(O)c(C)c1C(C)/C=C1\CCC[C@@]2(C)[C@@H]3C[C@](C)(C(=O)N4CCCC4)CC[C@]3(C)CC[C@]12C. The molecule has 1 amide bonds. The minimum absolute atomic E-state index is 0.0134. The van der Waals surface area contributed by atoms with Crippen molar-refractivity contribution in [1.29, 1.82) is 0 Å². The van der Waals surface area contributed by atoms with E-state index >= 15 is 0 Å². The summed E-state index contributed by atoms with van der Waals surface area (Å²) in [6, 6.07) is 1.76. The molecule has 4 nitrogen and oxygen atoms in total. The number of nitrogens with zero attached hydrogens (tertiary/aromatic N) is 1. The van der Waals surface area contributed by atoms with E-state index in [1.165, 1.54) is 37.7 Å². The summed E-state index contributed by atoms with van der Waals surface area (Å²) >= 11 is 0. The van der Waals surface area contributed by atoms with Crippen molar-refractivity contribution in [3.05, 3.63) is 34.4 Å². The number of phenols is 2. The summed E-state index contributed by atoms with van der Waals surface area (Å²) in [5.74, 6) is 1.14. The smallest absolute Gasteiger partial charge is 0.228 e. The van der Waals surface area contributed by atoms with Gasteiger partial charge in [-0.05, 0) is 128 Å². The van der Waals surface area contributed by atoms with E-state index in [0.717, 1.165) is 62.7 Å². The lowest BCUT2D eigenvalue weighted by atomic mass is 9.37. The van der Waals surface area contributed by atoms with Crippen LogP contribution in [0.1, 0.15) is 128 Å². The van der Waals surface area contributed by atoms with Crippen molar-refractivity contribution in [2.24, 2.45) is 27.6 Å². The molecular weight excluding hydrogens is 482 g/mol. The molecule has 216 valence electrons. The summed E-state index contributed by atoms with van der Waals surface area (Å²) in [6.07, 6.45) is 14.9. The van der Waals surface area contributed by atoms with Crippen molar-refractivity contribution in [2.75, 3.05) is 13.1 Å². The third-order valence-corrected chi connectivity index (χ3v) is 12.7. The zero-order valence-corrected chi connectivity index (χ0v) is 25.8. The molecule has 4 fully saturated rings. The summed E-state index contributed by atoms with van der Waals surface area (Å²) in [5, 5.41) is 20.8. The first-order valence-corrected chi connectivity index (χ1v) is 15.8. The summed E-state index contributed by atoms with van der Waals surface area (Å²) in [5.41, 5.74) is 5.02. The molecule has 3 saturated carbocycles. The van der Waals surface area contributed by atoms with E-state index in [1.807, 2.05) is 6.92 Å².